The van der Waals surface area contributed by atoms with Crippen LogP contribution in [-0.2, 0) is 17.9 Å². The van der Waals surface area contributed by atoms with Gasteiger partial charge in [0, 0.05) is 37.7 Å². The quantitative estimate of drug-likeness (QED) is 0.846. The smallest absolute Gasteiger partial charge is 0.153 e. The number of likely N-dealkylation sites (tertiary alicyclic amines) is 1. The SMILES string of the molecule is COCc1ncc(CN2CCCCC2c2cccc(F)c2)cn1. The fraction of sp³-hybridized carbons (Fsp3) is 0.444. The highest BCUT2D eigenvalue weighted by Gasteiger charge is 2.24. The van der Waals surface area contributed by atoms with Crippen LogP contribution in [0.15, 0.2) is 36.7 Å². The second kappa shape index (κ2) is 7.62. The van der Waals surface area contributed by atoms with Gasteiger partial charge in [-0.05, 0) is 37.1 Å². The third kappa shape index (κ3) is 4.12. The van der Waals surface area contributed by atoms with Crippen LogP contribution in [0.5, 0.6) is 0 Å². The fourth-order valence-electron chi connectivity index (χ4n) is 3.17. The minimum absolute atomic E-state index is 0.166. The number of ether oxygens (including phenoxy) is 1. The predicted molar refractivity (Wildman–Crippen MR) is 86.1 cm³/mol. The Kier molecular flexibility index (Phi) is 5.31. The molecule has 23 heavy (non-hydrogen) atoms. The van der Waals surface area contributed by atoms with E-state index >= 15 is 0 Å². The Morgan fingerprint density at radius 3 is 2.83 bits per heavy atom. The summed E-state index contributed by atoms with van der Waals surface area (Å²) in [5.74, 6) is 0.525. The molecule has 3 rings (SSSR count). The highest BCUT2D eigenvalue weighted by molar-refractivity contribution is 5.21. The highest BCUT2D eigenvalue weighted by atomic mass is 19.1. The van der Waals surface area contributed by atoms with Gasteiger partial charge in [-0.1, -0.05) is 18.6 Å². The molecule has 0 N–H and O–H groups in total. The second-order valence-corrected chi connectivity index (χ2v) is 5.98. The molecule has 1 saturated heterocycles. The van der Waals surface area contributed by atoms with Crippen LogP contribution >= 0.6 is 0 Å². The Balaban J connectivity index is 1.73. The summed E-state index contributed by atoms with van der Waals surface area (Å²) >= 11 is 0. The average molecular weight is 315 g/mol. The lowest BCUT2D eigenvalue weighted by Gasteiger charge is -2.36. The number of methoxy groups -OCH3 is 1. The monoisotopic (exact) mass is 315 g/mol. The molecule has 2 aromatic rings. The van der Waals surface area contributed by atoms with Gasteiger partial charge < -0.3 is 4.74 Å². The molecule has 1 fully saturated rings. The van der Waals surface area contributed by atoms with Crippen molar-refractivity contribution in [2.75, 3.05) is 13.7 Å². The van der Waals surface area contributed by atoms with Gasteiger partial charge in [-0.2, -0.15) is 0 Å². The summed E-state index contributed by atoms with van der Waals surface area (Å²) in [5, 5.41) is 0. The van der Waals surface area contributed by atoms with E-state index in [1.54, 1.807) is 19.2 Å². The standard InChI is InChI=1S/C18H22FN3O/c1-23-13-18-20-10-14(11-21-18)12-22-8-3-2-7-17(22)15-5-4-6-16(19)9-15/h4-6,9-11,17H,2-3,7-8,12-13H2,1H3. The molecular weight excluding hydrogens is 293 g/mol. The summed E-state index contributed by atoms with van der Waals surface area (Å²) in [7, 11) is 1.63. The van der Waals surface area contributed by atoms with E-state index in [0.717, 1.165) is 30.6 Å². The van der Waals surface area contributed by atoms with Gasteiger partial charge in [-0.15, -0.1) is 0 Å². The first-order valence-electron chi connectivity index (χ1n) is 8.04. The molecule has 122 valence electrons. The van der Waals surface area contributed by atoms with Crippen molar-refractivity contribution in [3.8, 4) is 0 Å². The van der Waals surface area contributed by atoms with Gasteiger partial charge in [0.15, 0.2) is 5.82 Å². The molecule has 0 bridgehead atoms. The molecule has 1 aliphatic rings. The maximum absolute atomic E-state index is 13.5. The zero-order valence-corrected chi connectivity index (χ0v) is 13.4. The second-order valence-electron chi connectivity index (χ2n) is 5.98. The summed E-state index contributed by atoms with van der Waals surface area (Å²) in [6.07, 6.45) is 7.14. The zero-order chi connectivity index (χ0) is 16.1. The Morgan fingerprint density at radius 2 is 2.09 bits per heavy atom. The Hall–Kier alpha value is -1.85. The van der Waals surface area contributed by atoms with E-state index < -0.39 is 0 Å². The number of halogens is 1. The van der Waals surface area contributed by atoms with Crippen LogP contribution in [0.4, 0.5) is 4.39 Å². The molecule has 1 aliphatic heterocycles. The Labute approximate surface area is 136 Å². The van der Waals surface area contributed by atoms with E-state index in [2.05, 4.69) is 14.9 Å². The van der Waals surface area contributed by atoms with Gasteiger partial charge in [-0.3, -0.25) is 4.90 Å². The first-order chi connectivity index (χ1) is 11.3. The molecule has 1 aromatic heterocycles. The lowest BCUT2D eigenvalue weighted by molar-refractivity contribution is 0.139. The van der Waals surface area contributed by atoms with E-state index in [1.165, 1.54) is 18.9 Å². The maximum atomic E-state index is 13.5. The largest absolute Gasteiger partial charge is 0.377 e. The number of aromatic nitrogens is 2. The van der Waals surface area contributed by atoms with Crippen molar-refractivity contribution >= 4 is 0 Å². The molecule has 0 aliphatic carbocycles. The van der Waals surface area contributed by atoms with E-state index in [4.69, 9.17) is 4.74 Å². The lowest BCUT2D eigenvalue weighted by atomic mass is 9.95. The van der Waals surface area contributed by atoms with Crippen molar-refractivity contribution in [2.45, 2.75) is 38.5 Å². The third-order valence-corrected chi connectivity index (χ3v) is 4.26. The molecule has 0 spiro atoms. The van der Waals surface area contributed by atoms with Crippen molar-refractivity contribution in [1.29, 1.82) is 0 Å². The van der Waals surface area contributed by atoms with E-state index in [-0.39, 0.29) is 11.9 Å². The van der Waals surface area contributed by atoms with Crippen molar-refractivity contribution < 1.29 is 9.13 Å². The van der Waals surface area contributed by atoms with Crippen molar-refractivity contribution in [1.82, 2.24) is 14.9 Å². The number of nitrogens with zero attached hydrogens (tertiary/aromatic N) is 3. The topological polar surface area (TPSA) is 38.2 Å². The molecule has 2 heterocycles. The number of piperidine rings is 1. The molecule has 5 heteroatoms. The van der Waals surface area contributed by atoms with Crippen LogP contribution in [0.2, 0.25) is 0 Å². The van der Waals surface area contributed by atoms with E-state index in [9.17, 15) is 4.39 Å². The van der Waals surface area contributed by atoms with Gasteiger partial charge in [0.05, 0.1) is 0 Å². The van der Waals surface area contributed by atoms with Crippen LogP contribution in [0.1, 0.15) is 42.3 Å². The number of benzene rings is 1. The number of rotatable bonds is 5. The zero-order valence-electron chi connectivity index (χ0n) is 13.4. The molecule has 0 amide bonds. The van der Waals surface area contributed by atoms with Crippen LogP contribution in [0.3, 0.4) is 0 Å². The molecular formula is C18H22FN3O. The first kappa shape index (κ1) is 16.0. The van der Waals surface area contributed by atoms with Crippen molar-refractivity contribution in [3.63, 3.8) is 0 Å². The van der Waals surface area contributed by atoms with E-state index in [0.29, 0.717) is 12.4 Å². The van der Waals surface area contributed by atoms with E-state index in [1.807, 2.05) is 18.5 Å². The van der Waals surface area contributed by atoms with Crippen LogP contribution in [0.25, 0.3) is 0 Å². The molecule has 0 saturated carbocycles. The van der Waals surface area contributed by atoms with Gasteiger partial charge in [0.1, 0.15) is 12.4 Å². The summed E-state index contributed by atoms with van der Waals surface area (Å²) in [5.41, 5.74) is 2.13. The summed E-state index contributed by atoms with van der Waals surface area (Å²) in [6.45, 7) is 2.23. The number of hydrogen-bond donors (Lipinski definition) is 0. The third-order valence-electron chi connectivity index (χ3n) is 4.26. The van der Waals surface area contributed by atoms with Gasteiger partial charge in [0.2, 0.25) is 0 Å². The Morgan fingerprint density at radius 1 is 1.26 bits per heavy atom. The van der Waals surface area contributed by atoms with Crippen LogP contribution < -0.4 is 0 Å². The molecule has 4 nitrogen and oxygen atoms in total. The lowest BCUT2D eigenvalue weighted by Crippen LogP contribution is -2.33. The Bertz CT molecular complexity index is 632. The van der Waals surface area contributed by atoms with Crippen LogP contribution in [0, 0.1) is 5.82 Å². The molecule has 1 atom stereocenters. The van der Waals surface area contributed by atoms with Gasteiger partial charge >= 0.3 is 0 Å². The van der Waals surface area contributed by atoms with Gasteiger partial charge in [-0.25, -0.2) is 14.4 Å². The maximum Gasteiger partial charge on any atom is 0.153 e. The highest BCUT2D eigenvalue weighted by Crippen LogP contribution is 2.32. The minimum Gasteiger partial charge on any atom is -0.377 e. The van der Waals surface area contributed by atoms with Crippen LogP contribution in [-0.4, -0.2) is 28.5 Å². The van der Waals surface area contributed by atoms with Gasteiger partial charge in [0.25, 0.3) is 0 Å². The first-order valence-corrected chi connectivity index (χ1v) is 8.04. The van der Waals surface area contributed by atoms with Crippen molar-refractivity contribution in [2.24, 2.45) is 0 Å². The summed E-state index contributed by atoms with van der Waals surface area (Å²) in [4.78, 5) is 11.0. The molecule has 1 aromatic carbocycles. The summed E-state index contributed by atoms with van der Waals surface area (Å²) in [6, 6.07) is 7.22. The van der Waals surface area contributed by atoms with Crippen molar-refractivity contribution in [3.05, 3.63) is 59.4 Å². The normalized spacial score (nSPS) is 19.0. The number of hydrogen-bond acceptors (Lipinski definition) is 4. The predicted octanol–water partition coefficient (Wildman–Crippen LogP) is 3.49. The summed E-state index contributed by atoms with van der Waals surface area (Å²) < 4.78 is 18.6. The molecule has 0 radical (unpaired) electrons. The fourth-order valence-corrected chi connectivity index (χ4v) is 3.17. The average Bonchev–Trinajstić information content (AvgIpc) is 2.57. The molecule has 1 unspecified atom stereocenters. The minimum atomic E-state index is -0.166.